The van der Waals surface area contributed by atoms with Crippen LogP contribution in [0.3, 0.4) is 0 Å². The van der Waals surface area contributed by atoms with Gasteiger partial charge in [0.15, 0.2) is 17.5 Å². The van der Waals surface area contributed by atoms with Gasteiger partial charge in [-0.15, -0.1) is 11.3 Å². The van der Waals surface area contributed by atoms with Crippen LogP contribution in [-0.4, -0.2) is 15.0 Å². The lowest BCUT2D eigenvalue weighted by Gasteiger charge is -2.30. The standard InChI is InChI=1S/C64H37N3OS/c1-2-15-38(16-3-1)61-65-62(42-31-33-47-46-21-7-11-30-57(46)69-58(47)37-42)67-63(66-61)49-24-14-29-56-60(49)50-36-40(32-34-55(50)68-56)39-17-12-18-41(35-39)43-23-13-28-54-59(43)48-22-6-10-27-53(48)64(54)51-25-8-4-19-44(51)45-20-5-9-26-52(45)64/h1-37H. The highest BCUT2D eigenvalue weighted by molar-refractivity contribution is 7.25. The smallest absolute Gasteiger partial charge is 0.164 e. The Balaban J connectivity index is 0.876. The monoisotopic (exact) mass is 895 g/mol. The van der Waals surface area contributed by atoms with E-state index in [1.54, 1.807) is 11.3 Å². The molecular formula is C64H37N3OS. The fourth-order valence-electron chi connectivity index (χ4n) is 11.6. The van der Waals surface area contributed by atoms with E-state index in [4.69, 9.17) is 19.4 Å². The summed E-state index contributed by atoms with van der Waals surface area (Å²) in [4.78, 5) is 15.6. The van der Waals surface area contributed by atoms with Crippen molar-refractivity contribution < 1.29 is 4.42 Å². The van der Waals surface area contributed by atoms with Gasteiger partial charge in [0.05, 0.1) is 5.41 Å². The molecule has 0 amide bonds. The number of furan rings is 1. The Bertz CT molecular complexity index is 4230. The van der Waals surface area contributed by atoms with Crippen molar-refractivity contribution in [2.45, 2.75) is 5.41 Å². The summed E-state index contributed by atoms with van der Waals surface area (Å²) in [7, 11) is 0. The summed E-state index contributed by atoms with van der Waals surface area (Å²) in [5.41, 5.74) is 19.2. The van der Waals surface area contributed by atoms with E-state index in [9.17, 15) is 0 Å². The first-order valence-electron chi connectivity index (χ1n) is 23.4. The maximum atomic E-state index is 6.61. The third kappa shape index (κ3) is 5.53. The molecule has 3 heterocycles. The Hall–Kier alpha value is -8.77. The summed E-state index contributed by atoms with van der Waals surface area (Å²) in [6, 6.07) is 81.0. The van der Waals surface area contributed by atoms with Crippen LogP contribution in [0.5, 0.6) is 0 Å². The molecule has 0 N–H and O–H groups in total. The number of aromatic nitrogens is 3. The molecular weight excluding hydrogens is 859 g/mol. The van der Waals surface area contributed by atoms with Gasteiger partial charge >= 0.3 is 0 Å². The average Bonchev–Trinajstić information content (AvgIpc) is 4.16. The SMILES string of the molecule is c1ccc(-c2nc(-c3ccc4c(c3)sc3ccccc34)nc(-c3cccc4oc5ccc(-c6cccc(-c7cccc8c7-c7ccccc7C87c8ccccc8-c8ccccc87)c6)cc5c34)n2)cc1. The zero-order valence-electron chi connectivity index (χ0n) is 37.0. The van der Waals surface area contributed by atoms with Crippen molar-refractivity contribution in [2.75, 3.05) is 0 Å². The van der Waals surface area contributed by atoms with Crippen LogP contribution in [0.2, 0.25) is 0 Å². The highest BCUT2D eigenvalue weighted by atomic mass is 32.1. The lowest BCUT2D eigenvalue weighted by atomic mass is 9.70. The van der Waals surface area contributed by atoms with Gasteiger partial charge in [0.2, 0.25) is 0 Å². The van der Waals surface area contributed by atoms with E-state index in [1.165, 1.54) is 75.8 Å². The molecule has 69 heavy (non-hydrogen) atoms. The van der Waals surface area contributed by atoms with Gasteiger partial charge in [-0.1, -0.05) is 188 Å². The fraction of sp³-hybridized carbons (Fsp3) is 0.0156. The summed E-state index contributed by atoms with van der Waals surface area (Å²) in [6.07, 6.45) is 0. The van der Waals surface area contributed by atoms with E-state index in [2.05, 4.69) is 194 Å². The number of nitrogens with zero attached hydrogens (tertiary/aromatic N) is 3. The molecule has 320 valence electrons. The molecule has 1 spiro atoms. The number of hydrogen-bond acceptors (Lipinski definition) is 5. The predicted octanol–water partition coefficient (Wildman–Crippen LogP) is 16.8. The van der Waals surface area contributed by atoms with Gasteiger partial charge in [0, 0.05) is 47.6 Å². The van der Waals surface area contributed by atoms with Crippen molar-refractivity contribution >= 4 is 53.4 Å². The number of fused-ring (bicyclic) bond motifs is 16. The minimum Gasteiger partial charge on any atom is -0.456 e. The molecule has 0 radical (unpaired) electrons. The largest absolute Gasteiger partial charge is 0.456 e. The van der Waals surface area contributed by atoms with Crippen LogP contribution in [0, 0.1) is 0 Å². The van der Waals surface area contributed by atoms with Crippen molar-refractivity contribution in [2.24, 2.45) is 0 Å². The van der Waals surface area contributed by atoms with Crippen LogP contribution in [0.1, 0.15) is 22.3 Å². The van der Waals surface area contributed by atoms with E-state index in [0.29, 0.717) is 17.5 Å². The zero-order chi connectivity index (χ0) is 45.2. The number of benzene rings is 10. The molecule has 0 saturated heterocycles. The van der Waals surface area contributed by atoms with E-state index in [1.807, 2.05) is 30.3 Å². The van der Waals surface area contributed by atoms with Gasteiger partial charge in [0.25, 0.3) is 0 Å². The molecule has 15 rings (SSSR count). The van der Waals surface area contributed by atoms with Crippen LogP contribution in [-0.2, 0) is 5.41 Å². The van der Waals surface area contributed by atoms with Crippen LogP contribution in [0.4, 0.5) is 0 Å². The molecule has 5 heteroatoms. The molecule has 13 aromatic rings. The molecule has 0 atom stereocenters. The summed E-state index contributed by atoms with van der Waals surface area (Å²) in [5, 5.41) is 4.48. The molecule has 10 aromatic carbocycles. The fourth-order valence-corrected chi connectivity index (χ4v) is 12.8. The van der Waals surface area contributed by atoms with Crippen LogP contribution < -0.4 is 0 Å². The van der Waals surface area contributed by atoms with Crippen molar-refractivity contribution in [1.29, 1.82) is 0 Å². The quantitative estimate of drug-likeness (QED) is 0.173. The van der Waals surface area contributed by atoms with Gasteiger partial charge in [-0.2, -0.15) is 0 Å². The molecule has 0 bridgehead atoms. The minimum atomic E-state index is -0.397. The lowest BCUT2D eigenvalue weighted by Crippen LogP contribution is -2.25. The van der Waals surface area contributed by atoms with Crippen LogP contribution in [0.25, 0.3) is 121 Å². The van der Waals surface area contributed by atoms with Gasteiger partial charge in [-0.05, 0) is 103 Å². The summed E-state index contributed by atoms with van der Waals surface area (Å²) < 4.78 is 9.08. The van der Waals surface area contributed by atoms with Crippen molar-refractivity contribution in [1.82, 2.24) is 15.0 Å². The van der Waals surface area contributed by atoms with Crippen LogP contribution >= 0.6 is 11.3 Å². The second kappa shape index (κ2) is 14.6. The van der Waals surface area contributed by atoms with Crippen molar-refractivity contribution in [3.05, 3.63) is 247 Å². The molecule has 4 nitrogen and oxygen atoms in total. The molecule has 0 saturated carbocycles. The van der Waals surface area contributed by atoms with Crippen molar-refractivity contribution in [3.8, 4) is 78.7 Å². The van der Waals surface area contributed by atoms with E-state index in [0.717, 1.165) is 49.8 Å². The third-order valence-electron chi connectivity index (χ3n) is 14.6. The highest BCUT2D eigenvalue weighted by Crippen LogP contribution is 2.64. The van der Waals surface area contributed by atoms with Crippen molar-refractivity contribution in [3.63, 3.8) is 0 Å². The minimum absolute atomic E-state index is 0.397. The van der Waals surface area contributed by atoms with Gasteiger partial charge in [0.1, 0.15) is 11.2 Å². The maximum absolute atomic E-state index is 6.61. The Kier molecular flexibility index (Phi) is 8.12. The first kappa shape index (κ1) is 38.3. The predicted molar refractivity (Wildman–Crippen MR) is 283 cm³/mol. The number of thiophene rings is 1. The first-order chi connectivity index (χ1) is 34.2. The highest BCUT2D eigenvalue weighted by Gasteiger charge is 2.52. The second-order valence-corrected chi connectivity index (χ2v) is 19.3. The molecule has 2 aliphatic rings. The summed E-state index contributed by atoms with van der Waals surface area (Å²) in [6.45, 7) is 0. The normalized spacial score (nSPS) is 13.0. The second-order valence-electron chi connectivity index (χ2n) is 18.2. The Morgan fingerprint density at radius 3 is 1.71 bits per heavy atom. The number of hydrogen-bond donors (Lipinski definition) is 0. The molecule has 0 aliphatic heterocycles. The Morgan fingerprint density at radius 1 is 0.319 bits per heavy atom. The first-order valence-corrected chi connectivity index (χ1v) is 24.2. The maximum Gasteiger partial charge on any atom is 0.164 e. The number of rotatable bonds is 5. The lowest BCUT2D eigenvalue weighted by molar-refractivity contribution is 0.669. The summed E-state index contributed by atoms with van der Waals surface area (Å²) in [5.74, 6) is 1.85. The van der Waals surface area contributed by atoms with Gasteiger partial charge < -0.3 is 4.42 Å². The Morgan fingerprint density at radius 2 is 0.884 bits per heavy atom. The van der Waals surface area contributed by atoms with E-state index >= 15 is 0 Å². The molecule has 0 unspecified atom stereocenters. The third-order valence-corrected chi connectivity index (χ3v) is 15.7. The van der Waals surface area contributed by atoms with Crippen LogP contribution in [0.15, 0.2) is 229 Å². The van der Waals surface area contributed by atoms with E-state index in [-0.39, 0.29) is 0 Å². The zero-order valence-corrected chi connectivity index (χ0v) is 37.8. The Labute approximate surface area is 401 Å². The van der Waals surface area contributed by atoms with Gasteiger partial charge in [-0.3, -0.25) is 0 Å². The van der Waals surface area contributed by atoms with Gasteiger partial charge in [-0.25, -0.2) is 15.0 Å². The van der Waals surface area contributed by atoms with E-state index < -0.39 is 5.41 Å². The molecule has 3 aromatic heterocycles. The average molecular weight is 896 g/mol. The summed E-state index contributed by atoms with van der Waals surface area (Å²) >= 11 is 1.79. The molecule has 0 fully saturated rings. The molecule has 2 aliphatic carbocycles. The topological polar surface area (TPSA) is 51.8 Å².